The molecular formula is C28H34ClN7O4. The second-order valence-electron chi connectivity index (χ2n) is 11.0. The summed E-state index contributed by atoms with van der Waals surface area (Å²) in [6, 6.07) is 3.76. The van der Waals surface area contributed by atoms with E-state index < -0.39 is 5.60 Å². The van der Waals surface area contributed by atoms with E-state index in [1.165, 1.54) is 0 Å². The van der Waals surface area contributed by atoms with Crippen LogP contribution in [0.25, 0.3) is 33.3 Å². The lowest BCUT2D eigenvalue weighted by Gasteiger charge is -2.28. The summed E-state index contributed by atoms with van der Waals surface area (Å²) in [5.74, 6) is 1.30. The van der Waals surface area contributed by atoms with E-state index in [9.17, 15) is 4.79 Å². The highest BCUT2D eigenvalue weighted by Gasteiger charge is 2.32. The molecule has 0 aliphatic carbocycles. The van der Waals surface area contributed by atoms with Crippen molar-refractivity contribution >= 4 is 45.6 Å². The van der Waals surface area contributed by atoms with Gasteiger partial charge in [-0.1, -0.05) is 11.6 Å². The summed E-state index contributed by atoms with van der Waals surface area (Å²) >= 11 is 6.78. The Morgan fingerprint density at radius 2 is 2.00 bits per heavy atom. The quantitative estimate of drug-likeness (QED) is 0.298. The SMILES string of the molecule is COCOc1c(-c2cc(Cl)c3nc(N4CCC(N(C)C(=O)OC(C)(C)C)C4)cnc3n2)cc2cn(C)nc2c1C. The van der Waals surface area contributed by atoms with Gasteiger partial charge in [0.2, 0.25) is 0 Å². The molecule has 0 saturated carbocycles. The average Bonchev–Trinajstić information content (AvgIpc) is 3.53. The minimum Gasteiger partial charge on any atom is -0.466 e. The van der Waals surface area contributed by atoms with Gasteiger partial charge in [-0.05, 0) is 46.2 Å². The van der Waals surface area contributed by atoms with Crippen molar-refractivity contribution in [3.8, 4) is 17.0 Å². The van der Waals surface area contributed by atoms with E-state index in [1.807, 2.05) is 47.0 Å². The molecule has 1 aliphatic rings. The predicted octanol–water partition coefficient (Wildman–Crippen LogP) is 4.97. The fourth-order valence-electron chi connectivity index (χ4n) is 4.92. The van der Waals surface area contributed by atoms with Crippen LogP contribution in [0.4, 0.5) is 10.6 Å². The van der Waals surface area contributed by atoms with Crippen molar-refractivity contribution in [1.82, 2.24) is 29.6 Å². The standard InChI is InChI=1S/C28H34ClN7O4/c1-16-23-17(13-34(5)33-23)10-19(25(16)39-15-38-7)21-11-20(29)24-26(31-21)30-12-22(32-24)36-9-8-18(14-36)35(6)27(37)40-28(2,3)4/h10-13,18H,8-9,14-15H2,1-7H3. The van der Waals surface area contributed by atoms with Crippen molar-refractivity contribution in [2.45, 2.75) is 45.8 Å². The van der Waals surface area contributed by atoms with Gasteiger partial charge in [0.25, 0.3) is 0 Å². The fourth-order valence-corrected chi connectivity index (χ4v) is 5.15. The molecule has 40 heavy (non-hydrogen) atoms. The first kappa shape index (κ1) is 27.9. The molecule has 3 aromatic heterocycles. The molecule has 212 valence electrons. The van der Waals surface area contributed by atoms with Crippen molar-refractivity contribution in [2.24, 2.45) is 7.05 Å². The van der Waals surface area contributed by atoms with Crippen molar-refractivity contribution in [3.05, 3.63) is 35.1 Å². The third-order valence-electron chi connectivity index (χ3n) is 6.87. The highest BCUT2D eigenvalue weighted by molar-refractivity contribution is 6.35. The number of carbonyl (C=O) groups is 1. The summed E-state index contributed by atoms with van der Waals surface area (Å²) < 4.78 is 18.4. The Bertz CT molecular complexity index is 1580. The number of nitrogens with zero attached hydrogens (tertiary/aromatic N) is 7. The third-order valence-corrected chi connectivity index (χ3v) is 7.16. The molecule has 1 saturated heterocycles. The second kappa shape index (κ2) is 10.7. The highest BCUT2D eigenvalue weighted by Crippen LogP contribution is 2.39. The molecule has 0 bridgehead atoms. The number of methoxy groups -OCH3 is 1. The van der Waals surface area contributed by atoms with E-state index >= 15 is 0 Å². The van der Waals surface area contributed by atoms with Gasteiger partial charge in [-0.25, -0.2) is 19.7 Å². The molecule has 0 N–H and O–H groups in total. The molecule has 1 aromatic carbocycles. The van der Waals surface area contributed by atoms with E-state index in [2.05, 4.69) is 15.0 Å². The lowest BCUT2D eigenvalue weighted by Crippen LogP contribution is -2.42. The van der Waals surface area contributed by atoms with Crippen LogP contribution in [0.5, 0.6) is 5.75 Å². The number of fused-ring (bicyclic) bond motifs is 2. The number of carbonyl (C=O) groups excluding carboxylic acids is 1. The van der Waals surface area contributed by atoms with Crippen LogP contribution in [0.2, 0.25) is 5.02 Å². The Kier molecular flexibility index (Phi) is 7.45. The molecule has 1 amide bonds. The van der Waals surface area contributed by atoms with Crippen LogP contribution >= 0.6 is 11.6 Å². The van der Waals surface area contributed by atoms with Crippen LogP contribution in [0.15, 0.2) is 24.5 Å². The number of benzene rings is 1. The molecule has 5 rings (SSSR count). The number of aryl methyl sites for hydroxylation is 2. The van der Waals surface area contributed by atoms with E-state index in [0.29, 0.717) is 40.0 Å². The maximum Gasteiger partial charge on any atom is 0.410 e. The monoisotopic (exact) mass is 567 g/mol. The number of hydrogen-bond acceptors (Lipinski definition) is 9. The van der Waals surface area contributed by atoms with Crippen LogP contribution in [0, 0.1) is 6.92 Å². The normalized spacial score (nSPS) is 15.7. The van der Waals surface area contributed by atoms with Gasteiger partial charge in [0.05, 0.1) is 28.5 Å². The third kappa shape index (κ3) is 5.48. The number of hydrogen-bond donors (Lipinski definition) is 0. The second-order valence-corrected chi connectivity index (χ2v) is 11.4. The molecule has 0 spiro atoms. The lowest BCUT2D eigenvalue weighted by molar-refractivity contribution is 0.0237. The van der Waals surface area contributed by atoms with Crippen molar-refractivity contribution < 1.29 is 19.0 Å². The van der Waals surface area contributed by atoms with E-state index in [4.69, 9.17) is 35.8 Å². The number of ether oxygens (including phenoxy) is 3. The first-order chi connectivity index (χ1) is 18.9. The van der Waals surface area contributed by atoms with E-state index in [-0.39, 0.29) is 18.9 Å². The number of anilines is 1. The molecule has 1 unspecified atom stereocenters. The van der Waals surface area contributed by atoms with E-state index in [0.717, 1.165) is 35.0 Å². The van der Waals surface area contributed by atoms with Gasteiger partial charge < -0.3 is 24.0 Å². The van der Waals surface area contributed by atoms with Gasteiger partial charge in [-0.2, -0.15) is 5.10 Å². The Hall–Kier alpha value is -3.70. The summed E-state index contributed by atoms with van der Waals surface area (Å²) in [6.45, 7) is 8.96. The first-order valence-electron chi connectivity index (χ1n) is 13.1. The number of likely N-dealkylation sites (N-methyl/N-ethyl adjacent to an activating group) is 1. The van der Waals surface area contributed by atoms with Crippen LogP contribution in [-0.2, 0) is 16.5 Å². The molecular weight excluding hydrogens is 534 g/mol. The highest BCUT2D eigenvalue weighted by atomic mass is 35.5. The maximum atomic E-state index is 12.5. The maximum absolute atomic E-state index is 12.5. The van der Waals surface area contributed by atoms with Crippen LogP contribution in [0.1, 0.15) is 32.8 Å². The number of pyridine rings is 1. The number of aromatic nitrogens is 5. The molecule has 1 fully saturated rings. The Labute approximate surface area is 238 Å². The lowest BCUT2D eigenvalue weighted by atomic mass is 10.0. The van der Waals surface area contributed by atoms with Gasteiger partial charge in [0.15, 0.2) is 12.4 Å². The van der Waals surface area contributed by atoms with Crippen LogP contribution in [0.3, 0.4) is 0 Å². The molecule has 4 heterocycles. The summed E-state index contributed by atoms with van der Waals surface area (Å²) in [5, 5.41) is 5.95. The number of amides is 1. The number of rotatable bonds is 6. The largest absolute Gasteiger partial charge is 0.466 e. The van der Waals surface area contributed by atoms with Crippen molar-refractivity contribution in [1.29, 1.82) is 0 Å². The molecule has 0 radical (unpaired) electrons. The summed E-state index contributed by atoms with van der Waals surface area (Å²) in [6.07, 6.45) is 4.10. The average molecular weight is 568 g/mol. The molecule has 11 nitrogen and oxygen atoms in total. The van der Waals surface area contributed by atoms with Gasteiger partial charge in [-0.3, -0.25) is 4.68 Å². The summed E-state index contributed by atoms with van der Waals surface area (Å²) in [4.78, 5) is 30.5. The van der Waals surface area contributed by atoms with Crippen LogP contribution < -0.4 is 9.64 Å². The zero-order valence-electron chi connectivity index (χ0n) is 23.9. The smallest absolute Gasteiger partial charge is 0.410 e. The van der Waals surface area contributed by atoms with Gasteiger partial charge in [0.1, 0.15) is 22.7 Å². The van der Waals surface area contributed by atoms with Crippen molar-refractivity contribution in [3.63, 3.8) is 0 Å². The topological polar surface area (TPSA) is 108 Å². The minimum absolute atomic E-state index is 0.000487. The first-order valence-corrected chi connectivity index (χ1v) is 13.5. The molecule has 1 atom stereocenters. The molecule has 1 aliphatic heterocycles. The molecule has 12 heteroatoms. The predicted molar refractivity (Wildman–Crippen MR) is 154 cm³/mol. The minimum atomic E-state index is -0.546. The zero-order valence-corrected chi connectivity index (χ0v) is 24.6. The summed E-state index contributed by atoms with van der Waals surface area (Å²) in [5.41, 5.74) is 3.48. The Morgan fingerprint density at radius 3 is 2.73 bits per heavy atom. The van der Waals surface area contributed by atoms with Gasteiger partial charge in [0, 0.05) is 57.0 Å². The fraction of sp³-hybridized carbons (Fsp3) is 0.464. The van der Waals surface area contributed by atoms with Gasteiger partial charge in [-0.15, -0.1) is 0 Å². The summed E-state index contributed by atoms with van der Waals surface area (Å²) in [7, 11) is 5.22. The van der Waals surface area contributed by atoms with Crippen LogP contribution in [-0.4, -0.2) is 81.4 Å². The Balaban J connectivity index is 1.44. The van der Waals surface area contributed by atoms with Gasteiger partial charge >= 0.3 is 6.09 Å². The zero-order chi connectivity index (χ0) is 28.8. The number of halogens is 1. The molecule has 4 aromatic rings. The Morgan fingerprint density at radius 1 is 1.23 bits per heavy atom. The van der Waals surface area contributed by atoms with E-state index in [1.54, 1.807) is 36.0 Å². The van der Waals surface area contributed by atoms with Crippen molar-refractivity contribution in [2.75, 3.05) is 38.9 Å².